The fraction of sp³-hybridized carbons (Fsp3) is 0.231. The highest BCUT2D eigenvalue weighted by molar-refractivity contribution is 5.93. The van der Waals surface area contributed by atoms with E-state index in [1.54, 1.807) is 17.7 Å². The second-order valence-electron chi connectivity index (χ2n) is 4.38. The number of aromatic carboxylic acids is 1. The van der Waals surface area contributed by atoms with E-state index in [9.17, 15) is 9.90 Å². The quantitative estimate of drug-likeness (QED) is 0.891. The molecule has 1 N–H and O–H groups in total. The zero-order valence-electron chi connectivity index (χ0n) is 10.5. The summed E-state index contributed by atoms with van der Waals surface area (Å²) >= 11 is 0. The van der Waals surface area contributed by atoms with Gasteiger partial charge >= 0.3 is 5.97 Å². The Balaban J connectivity index is 2.23. The maximum Gasteiger partial charge on any atom is 0.356 e. The summed E-state index contributed by atoms with van der Waals surface area (Å²) in [5.74, 6) is 0.256. The fourth-order valence-corrected chi connectivity index (χ4v) is 2.20. The molecule has 6 heteroatoms. The Morgan fingerprint density at radius 1 is 1.37 bits per heavy atom. The molecule has 0 bridgehead atoms. The van der Waals surface area contributed by atoms with E-state index in [2.05, 4.69) is 4.98 Å². The summed E-state index contributed by atoms with van der Waals surface area (Å²) < 4.78 is 12.3. The third-order valence-electron chi connectivity index (χ3n) is 3.11. The molecule has 1 aliphatic rings. The lowest BCUT2D eigenvalue weighted by molar-refractivity contribution is 0.0692. The van der Waals surface area contributed by atoms with Crippen LogP contribution in [0.4, 0.5) is 0 Å². The Labute approximate surface area is 109 Å². The van der Waals surface area contributed by atoms with Gasteiger partial charge in [0.05, 0.1) is 12.0 Å². The minimum absolute atomic E-state index is 0.0319. The number of hydrogen-bond acceptors (Lipinski definition) is 4. The van der Waals surface area contributed by atoms with E-state index in [1.165, 1.54) is 6.33 Å². The van der Waals surface area contributed by atoms with E-state index in [0.717, 1.165) is 11.1 Å². The molecular weight excluding hydrogens is 248 g/mol. The Morgan fingerprint density at radius 3 is 2.74 bits per heavy atom. The van der Waals surface area contributed by atoms with Gasteiger partial charge in [-0.05, 0) is 24.6 Å². The van der Waals surface area contributed by atoms with Crippen LogP contribution in [-0.4, -0.2) is 27.4 Å². The molecule has 0 amide bonds. The van der Waals surface area contributed by atoms with Crippen LogP contribution < -0.4 is 9.47 Å². The number of rotatable bonds is 2. The molecule has 98 valence electrons. The summed E-state index contributed by atoms with van der Waals surface area (Å²) in [6.45, 7) is 2.09. The zero-order chi connectivity index (χ0) is 13.6. The van der Waals surface area contributed by atoms with Crippen molar-refractivity contribution in [3.05, 3.63) is 29.7 Å². The van der Waals surface area contributed by atoms with Crippen LogP contribution in [-0.2, 0) is 7.05 Å². The number of aryl methyl sites for hydroxylation is 2. The average molecular weight is 260 g/mol. The van der Waals surface area contributed by atoms with Gasteiger partial charge in [0.25, 0.3) is 0 Å². The normalized spacial score (nSPS) is 12.7. The standard InChI is InChI=1S/C13H12N2O4/c1-7-3-9-10(19-6-18-9)4-8(7)12-11(13(16)17)14-5-15(12)2/h3-5H,6H2,1-2H3,(H,16,17). The lowest BCUT2D eigenvalue weighted by atomic mass is 10.0. The predicted molar refractivity (Wildman–Crippen MR) is 66.5 cm³/mol. The van der Waals surface area contributed by atoms with E-state index < -0.39 is 5.97 Å². The summed E-state index contributed by atoms with van der Waals surface area (Å²) in [5, 5.41) is 9.19. The van der Waals surface area contributed by atoms with Crippen molar-refractivity contribution in [2.75, 3.05) is 6.79 Å². The molecule has 0 atom stereocenters. The van der Waals surface area contributed by atoms with Gasteiger partial charge in [0.2, 0.25) is 6.79 Å². The third kappa shape index (κ3) is 1.72. The van der Waals surface area contributed by atoms with Crippen LogP contribution in [0.25, 0.3) is 11.3 Å². The van der Waals surface area contributed by atoms with Gasteiger partial charge in [-0.15, -0.1) is 0 Å². The molecule has 2 aromatic rings. The van der Waals surface area contributed by atoms with Gasteiger partial charge in [-0.3, -0.25) is 0 Å². The van der Waals surface area contributed by atoms with Crippen LogP contribution in [0, 0.1) is 6.92 Å². The number of nitrogens with zero attached hydrogens (tertiary/aromatic N) is 2. The molecule has 1 aromatic carbocycles. The lowest BCUT2D eigenvalue weighted by Crippen LogP contribution is -2.02. The first-order chi connectivity index (χ1) is 9.08. The first-order valence-corrected chi connectivity index (χ1v) is 5.73. The monoisotopic (exact) mass is 260 g/mol. The molecule has 19 heavy (non-hydrogen) atoms. The van der Waals surface area contributed by atoms with Crippen LogP contribution in [0.3, 0.4) is 0 Å². The lowest BCUT2D eigenvalue weighted by Gasteiger charge is -2.09. The Bertz CT molecular complexity index is 676. The van der Waals surface area contributed by atoms with Gasteiger partial charge in [-0.25, -0.2) is 9.78 Å². The van der Waals surface area contributed by atoms with E-state index in [1.807, 2.05) is 13.0 Å². The third-order valence-corrected chi connectivity index (χ3v) is 3.11. The van der Waals surface area contributed by atoms with Gasteiger partial charge in [0.1, 0.15) is 0 Å². The molecule has 0 fully saturated rings. The first-order valence-electron chi connectivity index (χ1n) is 5.73. The van der Waals surface area contributed by atoms with Crippen molar-refractivity contribution >= 4 is 5.97 Å². The molecule has 6 nitrogen and oxygen atoms in total. The second kappa shape index (κ2) is 4.01. The van der Waals surface area contributed by atoms with E-state index in [4.69, 9.17) is 9.47 Å². The van der Waals surface area contributed by atoms with Gasteiger partial charge in [0.15, 0.2) is 17.2 Å². The number of ether oxygens (including phenoxy) is 2. The van der Waals surface area contributed by atoms with Gasteiger partial charge < -0.3 is 19.1 Å². The Morgan fingerprint density at radius 2 is 2.05 bits per heavy atom. The zero-order valence-corrected chi connectivity index (χ0v) is 10.5. The number of carboxylic acids is 1. The summed E-state index contributed by atoms with van der Waals surface area (Å²) in [4.78, 5) is 15.1. The van der Waals surface area contributed by atoms with Crippen molar-refractivity contribution in [3.8, 4) is 22.8 Å². The molecule has 0 radical (unpaired) electrons. The number of benzene rings is 1. The van der Waals surface area contributed by atoms with E-state index in [-0.39, 0.29) is 12.5 Å². The molecule has 1 aromatic heterocycles. The molecular formula is C13H12N2O4. The number of fused-ring (bicyclic) bond motifs is 1. The Kier molecular flexibility index (Phi) is 2.45. The Hall–Kier alpha value is -2.50. The highest BCUT2D eigenvalue weighted by atomic mass is 16.7. The summed E-state index contributed by atoms with van der Waals surface area (Å²) in [6.07, 6.45) is 1.49. The smallest absolute Gasteiger partial charge is 0.356 e. The second-order valence-corrected chi connectivity index (χ2v) is 4.38. The largest absolute Gasteiger partial charge is 0.476 e. The average Bonchev–Trinajstić information content (AvgIpc) is 2.94. The van der Waals surface area contributed by atoms with E-state index in [0.29, 0.717) is 17.2 Å². The SMILES string of the molecule is Cc1cc2c(cc1-c1c(C(=O)O)ncn1C)OCO2. The van der Waals surface area contributed by atoms with Crippen LogP contribution in [0.2, 0.25) is 0 Å². The summed E-state index contributed by atoms with van der Waals surface area (Å²) in [5.41, 5.74) is 2.28. The topological polar surface area (TPSA) is 73.6 Å². The summed E-state index contributed by atoms with van der Waals surface area (Å²) in [6, 6.07) is 3.64. The van der Waals surface area contributed by atoms with Crippen molar-refractivity contribution in [1.29, 1.82) is 0 Å². The van der Waals surface area contributed by atoms with Crippen LogP contribution in [0.5, 0.6) is 11.5 Å². The highest BCUT2D eigenvalue weighted by Crippen LogP contribution is 2.39. The highest BCUT2D eigenvalue weighted by Gasteiger charge is 2.22. The molecule has 0 saturated heterocycles. The first kappa shape index (κ1) is 11.6. The fourth-order valence-electron chi connectivity index (χ4n) is 2.20. The van der Waals surface area contributed by atoms with Crippen molar-refractivity contribution in [2.45, 2.75) is 6.92 Å². The van der Waals surface area contributed by atoms with Crippen LogP contribution >= 0.6 is 0 Å². The maximum atomic E-state index is 11.2. The van der Waals surface area contributed by atoms with Crippen molar-refractivity contribution in [2.24, 2.45) is 7.05 Å². The minimum atomic E-state index is -1.05. The van der Waals surface area contributed by atoms with Gasteiger partial charge in [-0.1, -0.05) is 0 Å². The van der Waals surface area contributed by atoms with E-state index >= 15 is 0 Å². The molecule has 0 aliphatic carbocycles. The molecule has 3 rings (SSSR count). The number of aromatic nitrogens is 2. The van der Waals surface area contributed by atoms with Gasteiger partial charge in [-0.2, -0.15) is 0 Å². The molecule has 2 heterocycles. The molecule has 0 unspecified atom stereocenters. The number of carbonyl (C=O) groups is 1. The number of carboxylic acid groups (broad SMARTS) is 1. The van der Waals surface area contributed by atoms with Crippen LogP contribution in [0.1, 0.15) is 16.1 Å². The predicted octanol–water partition coefficient (Wildman–Crippen LogP) is 1.82. The van der Waals surface area contributed by atoms with Crippen molar-refractivity contribution < 1.29 is 19.4 Å². The van der Waals surface area contributed by atoms with Crippen molar-refractivity contribution in [3.63, 3.8) is 0 Å². The number of hydrogen-bond donors (Lipinski definition) is 1. The maximum absolute atomic E-state index is 11.2. The number of imidazole rings is 1. The summed E-state index contributed by atoms with van der Waals surface area (Å²) in [7, 11) is 1.76. The molecule has 0 spiro atoms. The van der Waals surface area contributed by atoms with Gasteiger partial charge in [0, 0.05) is 12.6 Å². The van der Waals surface area contributed by atoms with Crippen molar-refractivity contribution in [1.82, 2.24) is 9.55 Å². The molecule has 0 saturated carbocycles. The minimum Gasteiger partial charge on any atom is -0.476 e. The van der Waals surface area contributed by atoms with Crippen LogP contribution in [0.15, 0.2) is 18.5 Å². The molecule has 1 aliphatic heterocycles.